The largest absolute Gasteiger partial charge is 0.310 e. The van der Waals surface area contributed by atoms with Crippen LogP contribution in [0.5, 0.6) is 0 Å². The number of aromatic nitrogens is 3. The van der Waals surface area contributed by atoms with E-state index in [1.165, 1.54) is 38.2 Å². The SMILES string of the molecule is c1ccc(N(c2ccc(-c3nc4ccccc4n3-c3ccccc3)cc2)c2ccc3c(c2)c2cc(-c4cccc5ccccc45)ccc2n3-c2ccccc2)cc1. The molecule has 0 aliphatic carbocycles. The van der Waals surface area contributed by atoms with Crippen molar-refractivity contribution in [3.8, 4) is 33.9 Å². The molecule has 0 saturated heterocycles. The maximum Gasteiger partial charge on any atom is 0.145 e. The molecule has 0 saturated carbocycles. The van der Waals surface area contributed by atoms with Crippen LogP contribution in [-0.2, 0) is 0 Å². The van der Waals surface area contributed by atoms with E-state index in [4.69, 9.17) is 4.98 Å². The van der Waals surface area contributed by atoms with Crippen molar-refractivity contribution in [3.63, 3.8) is 0 Å². The number of imidazole rings is 1. The van der Waals surface area contributed by atoms with Gasteiger partial charge in [0, 0.05) is 44.8 Å². The first-order valence-corrected chi connectivity index (χ1v) is 19.4. The van der Waals surface area contributed by atoms with Gasteiger partial charge in [-0.2, -0.15) is 0 Å². The minimum atomic E-state index is 0.914. The van der Waals surface area contributed by atoms with E-state index in [2.05, 4.69) is 226 Å². The maximum atomic E-state index is 5.13. The van der Waals surface area contributed by atoms with Gasteiger partial charge >= 0.3 is 0 Å². The van der Waals surface area contributed by atoms with Gasteiger partial charge in [0.15, 0.2) is 0 Å². The second-order valence-electron chi connectivity index (χ2n) is 14.4. The van der Waals surface area contributed by atoms with Gasteiger partial charge in [0.1, 0.15) is 5.82 Å². The van der Waals surface area contributed by atoms with Gasteiger partial charge in [-0.05, 0) is 125 Å². The molecule has 0 atom stereocenters. The third kappa shape index (κ3) is 5.58. The summed E-state index contributed by atoms with van der Waals surface area (Å²) in [5.41, 5.74) is 13.3. The lowest BCUT2D eigenvalue weighted by atomic mass is 9.97. The molecule has 0 spiro atoms. The van der Waals surface area contributed by atoms with E-state index >= 15 is 0 Å². The Bertz CT molecular complexity index is 3210. The molecular weight excluding hydrogens is 693 g/mol. The summed E-state index contributed by atoms with van der Waals surface area (Å²) in [6, 6.07) is 78.0. The Morgan fingerprint density at radius 1 is 0.351 bits per heavy atom. The van der Waals surface area contributed by atoms with Crippen LogP contribution >= 0.6 is 0 Å². The van der Waals surface area contributed by atoms with Crippen molar-refractivity contribution in [2.75, 3.05) is 4.90 Å². The predicted molar refractivity (Wildman–Crippen MR) is 238 cm³/mol. The Balaban J connectivity index is 1.08. The van der Waals surface area contributed by atoms with Gasteiger partial charge in [-0.1, -0.05) is 115 Å². The molecule has 9 aromatic carbocycles. The average Bonchev–Trinajstić information content (AvgIpc) is 3.83. The van der Waals surface area contributed by atoms with Gasteiger partial charge in [0.05, 0.1) is 22.1 Å². The molecule has 0 aliphatic rings. The molecule has 4 nitrogen and oxygen atoms in total. The van der Waals surface area contributed by atoms with Crippen LogP contribution in [0.4, 0.5) is 17.1 Å². The molecule has 0 bridgehead atoms. The third-order valence-corrected chi connectivity index (χ3v) is 11.1. The molecule has 268 valence electrons. The van der Waals surface area contributed by atoms with Gasteiger partial charge in [0.2, 0.25) is 0 Å². The number of anilines is 3. The quantitative estimate of drug-likeness (QED) is 0.163. The predicted octanol–water partition coefficient (Wildman–Crippen LogP) is 14.1. The summed E-state index contributed by atoms with van der Waals surface area (Å²) in [6.45, 7) is 0. The van der Waals surface area contributed by atoms with Crippen LogP contribution in [0, 0.1) is 0 Å². The van der Waals surface area contributed by atoms with Crippen LogP contribution in [0.25, 0.3) is 77.5 Å². The summed E-state index contributed by atoms with van der Waals surface area (Å²) in [4.78, 5) is 7.48. The van der Waals surface area contributed by atoms with Gasteiger partial charge in [-0.25, -0.2) is 4.98 Å². The van der Waals surface area contributed by atoms with Crippen molar-refractivity contribution in [1.82, 2.24) is 14.1 Å². The van der Waals surface area contributed by atoms with Crippen LogP contribution in [-0.4, -0.2) is 14.1 Å². The van der Waals surface area contributed by atoms with Gasteiger partial charge in [-0.3, -0.25) is 4.57 Å². The lowest BCUT2D eigenvalue weighted by Gasteiger charge is -2.26. The summed E-state index contributed by atoms with van der Waals surface area (Å²) >= 11 is 0. The highest BCUT2D eigenvalue weighted by Crippen LogP contribution is 2.42. The van der Waals surface area contributed by atoms with E-state index in [9.17, 15) is 0 Å². The summed E-state index contributed by atoms with van der Waals surface area (Å²) in [5.74, 6) is 0.914. The molecule has 0 aliphatic heterocycles. The van der Waals surface area contributed by atoms with E-state index in [-0.39, 0.29) is 0 Å². The first-order chi connectivity index (χ1) is 28.3. The minimum Gasteiger partial charge on any atom is -0.310 e. The smallest absolute Gasteiger partial charge is 0.145 e. The highest BCUT2D eigenvalue weighted by molar-refractivity contribution is 6.12. The van der Waals surface area contributed by atoms with Crippen molar-refractivity contribution in [3.05, 3.63) is 218 Å². The number of hydrogen-bond acceptors (Lipinski definition) is 2. The van der Waals surface area contributed by atoms with Crippen LogP contribution in [0.1, 0.15) is 0 Å². The zero-order valence-electron chi connectivity index (χ0n) is 31.1. The maximum absolute atomic E-state index is 5.13. The normalized spacial score (nSPS) is 11.5. The van der Waals surface area contributed by atoms with E-state index in [1.807, 2.05) is 6.07 Å². The Morgan fingerprint density at radius 3 is 1.68 bits per heavy atom. The Morgan fingerprint density at radius 2 is 0.912 bits per heavy atom. The van der Waals surface area contributed by atoms with Crippen molar-refractivity contribution in [2.45, 2.75) is 0 Å². The number of hydrogen-bond donors (Lipinski definition) is 0. The molecule has 0 unspecified atom stereocenters. The number of rotatable bonds is 7. The minimum absolute atomic E-state index is 0.914. The van der Waals surface area contributed by atoms with Crippen LogP contribution < -0.4 is 4.90 Å². The fourth-order valence-electron chi connectivity index (χ4n) is 8.49. The second kappa shape index (κ2) is 13.6. The first-order valence-electron chi connectivity index (χ1n) is 19.4. The summed E-state index contributed by atoms with van der Waals surface area (Å²) in [6.07, 6.45) is 0. The summed E-state index contributed by atoms with van der Waals surface area (Å²) in [5, 5.41) is 4.91. The molecule has 0 fully saturated rings. The Labute approximate surface area is 330 Å². The van der Waals surface area contributed by atoms with Crippen molar-refractivity contribution in [2.24, 2.45) is 0 Å². The average molecular weight is 729 g/mol. The highest BCUT2D eigenvalue weighted by atomic mass is 15.1. The Kier molecular flexibility index (Phi) is 7.78. The lowest BCUT2D eigenvalue weighted by Crippen LogP contribution is -2.09. The topological polar surface area (TPSA) is 26.0 Å². The van der Waals surface area contributed by atoms with Crippen molar-refractivity contribution >= 4 is 60.7 Å². The number of fused-ring (bicyclic) bond motifs is 5. The monoisotopic (exact) mass is 728 g/mol. The number of nitrogens with zero attached hydrogens (tertiary/aromatic N) is 4. The van der Waals surface area contributed by atoms with Crippen molar-refractivity contribution in [1.29, 1.82) is 0 Å². The molecule has 2 heterocycles. The fraction of sp³-hybridized carbons (Fsp3) is 0. The van der Waals surface area contributed by atoms with Crippen LogP contribution in [0.2, 0.25) is 0 Å². The van der Waals surface area contributed by atoms with E-state index in [0.717, 1.165) is 56.4 Å². The van der Waals surface area contributed by atoms with Gasteiger partial charge in [-0.15, -0.1) is 0 Å². The second-order valence-corrected chi connectivity index (χ2v) is 14.4. The molecule has 0 N–H and O–H groups in total. The lowest BCUT2D eigenvalue weighted by molar-refractivity contribution is 1.10. The van der Waals surface area contributed by atoms with E-state index in [0.29, 0.717) is 0 Å². The van der Waals surface area contributed by atoms with Crippen LogP contribution in [0.15, 0.2) is 218 Å². The van der Waals surface area contributed by atoms with E-state index < -0.39 is 0 Å². The fourth-order valence-corrected chi connectivity index (χ4v) is 8.49. The molecule has 4 heteroatoms. The Hall–Kier alpha value is -7.69. The third-order valence-electron chi connectivity index (χ3n) is 11.1. The molecule has 0 amide bonds. The van der Waals surface area contributed by atoms with Gasteiger partial charge in [0.25, 0.3) is 0 Å². The molecule has 11 rings (SSSR count). The molecule has 57 heavy (non-hydrogen) atoms. The molecule has 0 radical (unpaired) electrons. The number of benzene rings is 9. The first kappa shape index (κ1) is 32.7. The highest BCUT2D eigenvalue weighted by Gasteiger charge is 2.20. The molecule has 11 aromatic rings. The van der Waals surface area contributed by atoms with E-state index in [1.54, 1.807) is 0 Å². The zero-order chi connectivity index (χ0) is 37.7. The summed E-state index contributed by atoms with van der Waals surface area (Å²) in [7, 11) is 0. The summed E-state index contributed by atoms with van der Waals surface area (Å²) < 4.78 is 4.64. The van der Waals surface area contributed by atoms with Gasteiger partial charge < -0.3 is 9.47 Å². The molecule has 2 aromatic heterocycles. The van der Waals surface area contributed by atoms with Crippen molar-refractivity contribution < 1.29 is 0 Å². The zero-order valence-corrected chi connectivity index (χ0v) is 31.1. The standard InChI is InChI=1S/C53H36N4/c1-4-17-40(18-5-1)55(43-30-27-38(28-31-43)53-54-49-25-12-13-26-52(49)57(53)42-21-8-3-9-22-42)44-32-34-51-48(36-44)47-35-39(46-24-14-16-37-15-10-11-23-45(37)46)29-33-50(47)56(51)41-19-6-2-7-20-41/h1-36H. The molecular formula is C53H36N4. The number of para-hydroxylation sites is 5. The van der Waals surface area contributed by atoms with Crippen LogP contribution in [0.3, 0.4) is 0 Å².